The van der Waals surface area contributed by atoms with Gasteiger partial charge >= 0.3 is 6.18 Å². The zero-order valence-corrected chi connectivity index (χ0v) is 7.17. The van der Waals surface area contributed by atoms with Gasteiger partial charge in [0.15, 0.2) is 0 Å². The van der Waals surface area contributed by atoms with Crippen LogP contribution in [0.3, 0.4) is 0 Å². The molecule has 1 rings (SSSR count). The molecule has 0 saturated heterocycles. The lowest BCUT2D eigenvalue weighted by atomic mass is 10.0. The van der Waals surface area contributed by atoms with Crippen molar-refractivity contribution >= 4 is 11.3 Å². The van der Waals surface area contributed by atoms with Crippen LogP contribution in [0.2, 0.25) is 0 Å². The fraction of sp³-hybridized carbons (Fsp3) is 0.429. The Morgan fingerprint density at radius 3 is 2.33 bits per heavy atom. The highest BCUT2D eigenvalue weighted by atomic mass is 32.1. The van der Waals surface area contributed by atoms with Crippen molar-refractivity contribution in [2.45, 2.75) is 18.6 Å². The van der Waals surface area contributed by atoms with Crippen molar-refractivity contribution in [3.05, 3.63) is 22.4 Å². The van der Waals surface area contributed by atoms with Gasteiger partial charge in [-0.3, -0.25) is 0 Å². The van der Waals surface area contributed by atoms with Crippen LogP contribution in [-0.4, -0.2) is 6.18 Å². The van der Waals surface area contributed by atoms with Gasteiger partial charge in [-0.05, 0) is 18.4 Å². The molecule has 0 radical (unpaired) electrons. The highest BCUT2D eigenvalue weighted by Gasteiger charge is 2.49. The van der Waals surface area contributed by atoms with Crippen molar-refractivity contribution in [2.75, 3.05) is 0 Å². The third-order valence-electron chi connectivity index (χ3n) is 1.62. The summed E-state index contributed by atoms with van der Waals surface area (Å²) in [7, 11) is 0. The largest absolute Gasteiger partial charge is 0.411 e. The van der Waals surface area contributed by atoms with Gasteiger partial charge in [-0.25, -0.2) is 0 Å². The summed E-state index contributed by atoms with van der Waals surface area (Å²) in [5, 5.41) is 1.58. The molecule has 0 amide bonds. The Morgan fingerprint density at radius 2 is 2.00 bits per heavy atom. The van der Waals surface area contributed by atoms with Crippen LogP contribution in [0.15, 0.2) is 17.5 Å². The second-order valence-corrected chi connectivity index (χ2v) is 3.63. The number of thiophene rings is 1. The smallest absolute Gasteiger partial charge is 0.313 e. The molecule has 1 aromatic heterocycles. The molecule has 0 aliphatic heterocycles. The summed E-state index contributed by atoms with van der Waals surface area (Å²) < 4.78 is 36.8. The van der Waals surface area contributed by atoms with Crippen molar-refractivity contribution in [3.63, 3.8) is 0 Å². The molecule has 0 saturated carbocycles. The molecule has 1 heterocycles. The van der Waals surface area contributed by atoms with Crippen LogP contribution in [0.5, 0.6) is 0 Å². The molecule has 0 aromatic carbocycles. The van der Waals surface area contributed by atoms with Gasteiger partial charge in [-0.1, -0.05) is 6.07 Å². The zero-order valence-electron chi connectivity index (χ0n) is 6.35. The topological polar surface area (TPSA) is 26.0 Å². The first kappa shape index (κ1) is 9.54. The van der Waals surface area contributed by atoms with Crippen LogP contribution < -0.4 is 5.73 Å². The Labute approximate surface area is 72.0 Å². The second kappa shape index (κ2) is 2.74. The number of hydrogen-bond acceptors (Lipinski definition) is 2. The molecule has 0 fully saturated rings. The number of alkyl halides is 3. The van der Waals surface area contributed by atoms with E-state index in [2.05, 4.69) is 0 Å². The van der Waals surface area contributed by atoms with E-state index in [1.165, 1.54) is 6.07 Å². The highest BCUT2D eigenvalue weighted by molar-refractivity contribution is 7.10. The number of nitrogens with two attached hydrogens (primary N) is 1. The third-order valence-corrected chi connectivity index (χ3v) is 2.73. The van der Waals surface area contributed by atoms with Crippen LogP contribution in [0, 0.1) is 0 Å². The summed E-state index contributed by atoms with van der Waals surface area (Å²) in [6.07, 6.45) is -4.39. The molecule has 0 aliphatic rings. The lowest BCUT2D eigenvalue weighted by molar-refractivity contribution is -0.183. The summed E-state index contributed by atoms with van der Waals surface area (Å²) >= 11 is 1.01. The summed E-state index contributed by atoms with van der Waals surface area (Å²) in [6, 6.07) is 2.94. The van der Waals surface area contributed by atoms with Gasteiger partial charge in [0.1, 0.15) is 5.54 Å². The van der Waals surface area contributed by atoms with Crippen LogP contribution in [0.4, 0.5) is 13.2 Å². The average molecular weight is 195 g/mol. The van der Waals surface area contributed by atoms with E-state index in [1.54, 1.807) is 11.4 Å². The minimum Gasteiger partial charge on any atom is -0.313 e. The van der Waals surface area contributed by atoms with Crippen molar-refractivity contribution in [1.29, 1.82) is 0 Å². The van der Waals surface area contributed by atoms with E-state index in [-0.39, 0.29) is 4.88 Å². The SMILES string of the molecule is C[C@@](N)(c1cccs1)C(F)(F)F. The molecular weight excluding hydrogens is 187 g/mol. The molecule has 0 bridgehead atoms. The summed E-state index contributed by atoms with van der Waals surface area (Å²) in [5.41, 5.74) is 2.92. The molecule has 5 heteroatoms. The predicted molar refractivity (Wildman–Crippen MR) is 41.9 cm³/mol. The monoisotopic (exact) mass is 195 g/mol. The van der Waals surface area contributed by atoms with Crippen LogP contribution in [0.25, 0.3) is 0 Å². The van der Waals surface area contributed by atoms with Crippen LogP contribution in [-0.2, 0) is 5.54 Å². The fourth-order valence-corrected chi connectivity index (χ4v) is 1.54. The first-order valence-corrected chi connectivity index (χ1v) is 4.13. The van der Waals surface area contributed by atoms with Gasteiger partial charge < -0.3 is 5.73 Å². The number of halogens is 3. The molecule has 68 valence electrons. The molecule has 1 aromatic rings. The molecule has 1 nitrogen and oxygen atoms in total. The molecule has 0 spiro atoms. The third kappa shape index (κ3) is 1.47. The van der Waals surface area contributed by atoms with Crippen molar-refractivity contribution in [3.8, 4) is 0 Å². The molecule has 12 heavy (non-hydrogen) atoms. The van der Waals surface area contributed by atoms with E-state index in [0.717, 1.165) is 18.3 Å². The van der Waals surface area contributed by atoms with E-state index in [4.69, 9.17) is 5.73 Å². The molecule has 0 unspecified atom stereocenters. The molecule has 1 atom stereocenters. The maximum absolute atomic E-state index is 12.3. The Morgan fingerprint density at radius 1 is 1.42 bits per heavy atom. The highest BCUT2D eigenvalue weighted by Crippen LogP contribution is 2.38. The Bertz CT molecular complexity index is 250. The molecular formula is C7H8F3NS. The van der Waals surface area contributed by atoms with E-state index < -0.39 is 11.7 Å². The Balaban J connectivity index is 3.02. The summed E-state index contributed by atoms with van der Waals surface area (Å²) in [5.74, 6) is 0. The van der Waals surface area contributed by atoms with Crippen LogP contribution >= 0.6 is 11.3 Å². The van der Waals surface area contributed by atoms with Gasteiger partial charge in [-0.2, -0.15) is 13.2 Å². The van der Waals surface area contributed by atoms with Gasteiger partial charge in [0.25, 0.3) is 0 Å². The quantitative estimate of drug-likeness (QED) is 0.732. The Hall–Kier alpha value is -0.550. The van der Waals surface area contributed by atoms with Gasteiger partial charge in [0, 0.05) is 4.88 Å². The zero-order chi connectivity index (χ0) is 9.41. The standard InChI is InChI=1S/C7H8F3NS/c1-6(11,7(8,9)10)5-3-2-4-12-5/h2-4H,11H2,1H3/t6-/m1/s1. The summed E-state index contributed by atoms with van der Waals surface area (Å²) in [4.78, 5) is 0.134. The lowest BCUT2D eigenvalue weighted by Gasteiger charge is -2.26. The van der Waals surface area contributed by atoms with Crippen molar-refractivity contribution in [2.24, 2.45) is 5.73 Å². The maximum atomic E-state index is 12.3. The summed E-state index contributed by atoms with van der Waals surface area (Å²) in [6.45, 7) is 0.971. The maximum Gasteiger partial charge on any atom is 0.411 e. The fourth-order valence-electron chi connectivity index (χ4n) is 0.714. The lowest BCUT2D eigenvalue weighted by Crippen LogP contribution is -2.46. The van der Waals surface area contributed by atoms with Gasteiger partial charge in [0.05, 0.1) is 0 Å². The van der Waals surface area contributed by atoms with Gasteiger partial charge in [-0.15, -0.1) is 11.3 Å². The van der Waals surface area contributed by atoms with E-state index >= 15 is 0 Å². The Kier molecular flexibility index (Phi) is 2.18. The van der Waals surface area contributed by atoms with E-state index in [0.29, 0.717) is 0 Å². The van der Waals surface area contributed by atoms with E-state index in [9.17, 15) is 13.2 Å². The van der Waals surface area contributed by atoms with Gasteiger partial charge in [0.2, 0.25) is 0 Å². The van der Waals surface area contributed by atoms with E-state index in [1.807, 2.05) is 0 Å². The minimum absolute atomic E-state index is 0.134. The van der Waals surface area contributed by atoms with Crippen LogP contribution in [0.1, 0.15) is 11.8 Å². The first-order chi connectivity index (χ1) is 5.36. The van der Waals surface area contributed by atoms with Crippen molar-refractivity contribution < 1.29 is 13.2 Å². The normalized spacial score (nSPS) is 17.4. The number of rotatable bonds is 1. The second-order valence-electron chi connectivity index (χ2n) is 2.68. The minimum atomic E-state index is -4.39. The predicted octanol–water partition coefficient (Wildman–Crippen LogP) is 2.48. The molecule has 0 aliphatic carbocycles. The molecule has 2 N–H and O–H groups in total. The number of hydrogen-bond donors (Lipinski definition) is 1. The van der Waals surface area contributed by atoms with Crippen molar-refractivity contribution in [1.82, 2.24) is 0 Å². The first-order valence-electron chi connectivity index (χ1n) is 3.25. The average Bonchev–Trinajstić information content (AvgIpc) is 2.34.